The second kappa shape index (κ2) is 5.18. The minimum absolute atomic E-state index is 0.0747. The summed E-state index contributed by atoms with van der Waals surface area (Å²) in [5.74, 6) is -0.420. The lowest BCUT2D eigenvalue weighted by atomic mass is 10.1. The van der Waals surface area contributed by atoms with Crippen molar-refractivity contribution in [1.29, 1.82) is 0 Å². The van der Waals surface area contributed by atoms with Crippen molar-refractivity contribution in [1.82, 2.24) is 10.3 Å². The van der Waals surface area contributed by atoms with Crippen LogP contribution >= 0.6 is 0 Å². The summed E-state index contributed by atoms with van der Waals surface area (Å²) < 4.78 is 13.2. The molecule has 4 nitrogen and oxygen atoms in total. The molecule has 0 spiro atoms. The molecule has 1 aromatic heterocycles. The molecule has 96 valence electrons. The van der Waals surface area contributed by atoms with Crippen molar-refractivity contribution < 1.29 is 9.18 Å². The number of H-pyrrole nitrogens is 1. The summed E-state index contributed by atoms with van der Waals surface area (Å²) in [4.78, 5) is 14.7. The fraction of sp³-hybridized carbons (Fsp3) is 0.308. The summed E-state index contributed by atoms with van der Waals surface area (Å²) in [6.45, 7) is 2.26. The van der Waals surface area contributed by atoms with Gasteiger partial charge in [-0.25, -0.2) is 4.39 Å². The summed E-state index contributed by atoms with van der Waals surface area (Å²) in [6.07, 6.45) is 1.95. The maximum Gasteiger partial charge on any atom is 0.224 e. The monoisotopic (exact) mass is 249 g/mol. The first-order valence-electron chi connectivity index (χ1n) is 5.84. The van der Waals surface area contributed by atoms with Crippen LogP contribution in [0.5, 0.6) is 0 Å². The highest BCUT2D eigenvalue weighted by Crippen LogP contribution is 2.19. The first-order chi connectivity index (χ1) is 8.56. The van der Waals surface area contributed by atoms with Gasteiger partial charge in [0.05, 0.1) is 6.42 Å². The van der Waals surface area contributed by atoms with Crippen molar-refractivity contribution in [2.45, 2.75) is 19.4 Å². The molecule has 2 rings (SSSR count). The quantitative estimate of drug-likeness (QED) is 0.764. The van der Waals surface area contributed by atoms with Gasteiger partial charge >= 0.3 is 0 Å². The minimum atomic E-state index is -0.306. The van der Waals surface area contributed by atoms with Gasteiger partial charge in [-0.3, -0.25) is 4.79 Å². The number of halogens is 1. The van der Waals surface area contributed by atoms with Crippen molar-refractivity contribution in [3.05, 3.63) is 35.8 Å². The molecule has 0 fully saturated rings. The van der Waals surface area contributed by atoms with Gasteiger partial charge < -0.3 is 16.0 Å². The van der Waals surface area contributed by atoms with Crippen LogP contribution in [0.1, 0.15) is 12.5 Å². The third-order valence-corrected chi connectivity index (χ3v) is 2.70. The zero-order valence-corrected chi connectivity index (χ0v) is 10.2. The molecule has 0 saturated carbocycles. The molecule has 1 atom stereocenters. The average Bonchev–Trinajstić information content (AvgIpc) is 2.69. The second-order valence-electron chi connectivity index (χ2n) is 4.46. The summed E-state index contributed by atoms with van der Waals surface area (Å²) in [5, 5.41) is 3.47. The van der Waals surface area contributed by atoms with Gasteiger partial charge in [0, 0.05) is 29.7 Å². The predicted octanol–water partition coefficient (Wildman–Crippen LogP) is 1.31. The average molecular weight is 249 g/mol. The van der Waals surface area contributed by atoms with Crippen LogP contribution in [0.4, 0.5) is 4.39 Å². The third kappa shape index (κ3) is 2.87. The van der Waals surface area contributed by atoms with Crippen molar-refractivity contribution >= 4 is 16.8 Å². The van der Waals surface area contributed by atoms with Crippen LogP contribution in [0.15, 0.2) is 24.4 Å². The highest BCUT2D eigenvalue weighted by Gasteiger charge is 2.09. The number of hydrogen-bond donors (Lipinski definition) is 3. The highest BCUT2D eigenvalue weighted by atomic mass is 19.1. The molecule has 18 heavy (non-hydrogen) atoms. The lowest BCUT2D eigenvalue weighted by molar-refractivity contribution is -0.120. The Bertz CT molecular complexity index is 562. The molecule has 0 aliphatic heterocycles. The Hall–Kier alpha value is -1.88. The first-order valence-corrected chi connectivity index (χ1v) is 5.84. The summed E-state index contributed by atoms with van der Waals surface area (Å²) in [6, 6.07) is 4.40. The van der Waals surface area contributed by atoms with Crippen LogP contribution in [0.2, 0.25) is 0 Å². The lowest BCUT2D eigenvalue weighted by Crippen LogP contribution is -2.35. The van der Waals surface area contributed by atoms with Crippen LogP contribution in [-0.2, 0) is 11.2 Å². The number of amides is 1. The largest absolute Gasteiger partial charge is 0.361 e. The molecule has 1 amide bonds. The number of fused-ring (bicyclic) bond motifs is 1. The van der Waals surface area contributed by atoms with Gasteiger partial charge in [-0.15, -0.1) is 0 Å². The number of aromatic amines is 1. The van der Waals surface area contributed by atoms with E-state index in [9.17, 15) is 9.18 Å². The van der Waals surface area contributed by atoms with Crippen molar-refractivity contribution in [3.63, 3.8) is 0 Å². The molecule has 0 aliphatic carbocycles. The van der Waals surface area contributed by atoms with Gasteiger partial charge in [-0.05, 0) is 30.7 Å². The summed E-state index contributed by atoms with van der Waals surface area (Å²) in [5.41, 5.74) is 7.16. The van der Waals surface area contributed by atoms with Gasteiger partial charge in [0.1, 0.15) is 5.82 Å². The number of carbonyl (C=O) groups excluding carboxylic acids is 1. The van der Waals surface area contributed by atoms with E-state index < -0.39 is 0 Å². The Morgan fingerprint density at radius 3 is 3.06 bits per heavy atom. The number of nitrogens with two attached hydrogens (primary N) is 1. The molecule has 0 radical (unpaired) electrons. The molecule has 2 aromatic rings. The Morgan fingerprint density at radius 2 is 2.33 bits per heavy atom. The molecular weight excluding hydrogens is 233 g/mol. The fourth-order valence-corrected chi connectivity index (χ4v) is 1.81. The SMILES string of the molecule is CC(N)CNC(=O)Cc1c[nH]c2ccc(F)cc12. The van der Waals surface area contributed by atoms with Gasteiger partial charge in [-0.2, -0.15) is 0 Å². The first kappa shape index (κ1) is 12.6. The van der Waals surface area contributed by atoms with E-state index in [0.717, 1.165) is 16.5 Å². The Balaban J connectivity index is 2.12. The van der Waals surface area contributed by atoms with Crippen LogP contribution in [0.25, 0.3) is 10.9 Å². The van der Waals surface area contributed by atoms with E-state index in [-0.39, 0.29) is 24.2 Å². The summed E-state index contributed by atoms with van der Waals surface area (Å²) >= 11 is 0. The van der Waals surface area contributed by atoms with Crippen molar-refractivity contribution in [2.24, 2.45) is 5.73 Å². The van der Waals surface area contributed by atoms with Crippen molar-refractivity contribution in [3.8, 4) is 0 Å². The van der Waals surface area contributed by atoms with Crippen molar-refractivity contribution in [2.75, 3.05) is 6.54 Å². The van der Waals surface area contributed by atoms with Crippen LogP contribution in [0, 0.1) is 5.82 Å². The number of rotatable bonds is 4. The fourth-order valence-electron chi connectivity index (χ4n) is 1.81. The molecule has 1 unspecified atom stereocenters. The molecule has 1 heterocycles. The molecular formula is C13H16FN3O. The molecule has 4 N–H and O–H groups in total. The van der Waals surface area contributed by atoms with E-state index in [4.69, 9.17) is 5.73 Å². The molecule has 0 aliphatic rings. The number of nitrogens with one attached hydrogen (secondary N) is 2. The van der Waals surface area contributed by atoms with E-state index >= 15 is 0 Å². The zero-order chi connectivity index (χ0) is 13.1. The molecule has 1 aromatic carbocycles. The molecule has 0 saturated heterocycles. The van der Waals surface area contributed by atoms with Gasteiger partial charge in [0.15, 0.2) is 0 Å². The van der Waals surface area contributed by atoms with Crippen LogP contribution in [-0.4, -0.2) is 23.5 Å². The lowest BCUT2D eigenvalue weighted by Gasteiger charge is -2.07. The second-order valence-corrected chi connectivity index (χ2v) is 4.46. The topological polar surface area (TPSA) is 70.9 Å². The maximum absolute atomic E-state index is 13.2. The maximum atomic E-state index is 13.2. The normalized spacial score (nSPS) is 12.6. The van der Waals surface area contributed by atoms with Crippen LogP contribution in [0.3, 0.4) is 0 Å². The minimum Gasteiger partial charge on any atom is -0.361 e. The van der Waals surface area contributed by atoms with E-state index in [2.05, 4.69) is 10.3 Å². The smallest absolute Gasteiger partial charge is 0.224 e. The number of aromatic nitrogens is 1. The van der Waals surface area contributed by atoms with Crippen LogP contribution < -0.4 is 11.1 Å². The third-order valence-electron chi connectivity index (χ3n) is 2.70. The van der Waals surface area contributed by atoms with Gasteiger partial charge in [-0.1, -0.05) is 0 Å². The van der Waals surface area contributed by atoms with E-state index in [1.54, 1.807) is 12.3 Å². The Morgan fingerprint density at radius 1 is 1.56 bits per heavy atom. The molecule has 0 bridgehead atoms. The van der Waals surface area contributed by atoms with Gasteiger partial charge in [0.2, 0.25) is 5.91 Å². The number of benzene rings is 1. The van der Waals surface area contributed by atoms with E-state index in [1.165, 1.54) is 12.1 Å². The number of hydrogen-bond acceptors (Lipinski definition) is 2. The van der Waals surface area contributed by atoms with E-state index in [1.807, 2.05) is 6.92 Å². The summed E-state index contributed by atoms with van der Waals surface area (Å²) in [7, 11) is 0. The predicted molar refractivity (Wildman–Crippen MR) is 68.6 cm³/mol. The Kier molecular flexibility index (Phi) is 3.62. The number of carbonyl (C=O) groups is 1. The van der Waals surface area contributed by atoms with E-state index in [0.29, 0.717) is 6.54 Å². The highest BCUT2D eigenvalue weighted by molar-refractivity contribution is 5.88. The zero-order valence-electron chi connectivity index (χ0n) is 10.2. The Labute approximate surface area is 104 Å². The standard InChI is InChI=1S/C13H16FN3O/c1-8(15)6-17-13(18)4-9-7-16-12-3-2-10(14)5-11(9)12/h2-3,5,7-8,16H,4,6,15H2,1H3,(H,17,18). The van der Waals surface area contributed by atoms with Gasteiger partial charge in [0.25, 0.3) is 0 Å². The molecule has 5 heteroatoms.